The second-order valence-electron chi connectivity index (χ2n) is 6.73. The summed E-state index contributed by atoms with van der Waals surface area (Å²) in [5.41, 5.74) is 2.76. The quantitative estimate of drug-likeness (QED) is 0.602. The van der Waals surface area contributed by atoms with Gasteiger partial charge < -0.3 is 5.32 Å². The van der Waals surface area contributed by atoms with E-state index in [0.29, 0.717) is 17.0 Å². The maximum absolute atomic E-state index is 12.6. The summed E-state index contributed by atoms with van der Waals surface area (Å²) in [5.74, 6) is -0.156. The first-order valence-corrected chi connectivity index (χ1v) is 10.9. The molecule has 3 N–H and O–H groups in total. The topological polar surface area (TPSA) is 89.3 Å². The molecule has 0 aliphatic carbocycles. The zero-order chi connectivity index (χ0) is 20.9. The Kier molecular flexibility index (Phi) is 6.69. The van der Waals surface area contributed by atoms with Gasteiger partial charge in [0.1, 0.15) is 0 Å². The normalized spacial score (nSPS) is 12.3. The van der Waals surface area contributed by atoms with Crippen molar-refractivity contribution in [1.82, 2.24) is 5.32 Å². The van der Waals surface area contributed by atoms with E-state index in [-0.39, 0.29) is 23.3 Å². The summed E-state index contributed by atoms with van der Waals surface area (Å²) >= 11 is 5.96. The Morgan fingerprint density at radius 2 is 1.48 bits per heavy atom. The lowest BCUT2D eigenvalue weighted by Crippen LogP contribution is -2.31. The second-order valence-corrected chi connectivity index (χ2v) is 8.72. The minimum Gasteiger partial charge on any atom is -0.349 e. The van der Waals surface area contributed by atoms with Crippen LogP contribution in [0.3, 0.4) is 0 Å². The van der Waals surface area contributed by atoms with Crippen LogP contribution in [0.15, 0.2) is 83.8 Å². The standard InChI is InChI=1S/C22H21ClN2O3S/c23-19-10-6-16(7-11-19)14-21(18-4-2-1-3-5-18)25-22(26)15-17-8-12-20(13-9-17)29(24,27)28/h1-13,21H,14-15H2,(H,25,26)(H2,24,27,28). The van der Waals surface area contributed by atoms with Gasteiger partial charge in [0.15, 0.2) is 0 Å². The van der Waals surface area contributed by atoms with Gasteiger partial charge in [-0.1, -0.05) is 66.2 Å². The summed E-state index contributed by atoms with van der Waals surface area (Å²) in [5, 5.41) is 8.84. The maximum Gasteiger partial charge on any atom is 0.238 e. The van der Waals surface area contributed by atoms with E-state index in [0.717, 1.165) is 11.1 Å². The predicted molar refractivity (Wildman–Crippen MR) is 114 cm³/mol. The molecule has 1 amide bonds. The first-order chi connectivity index (χ1) is 13.8. The summed E-state index contributed by atoms with van der Waals surface area (Å²) in [4.78, 5) is 12.7. The lowest BCUT2D eigenvalue weighted by molar-refractivity contribution is -0.121. The van der Waals surface area contributed by atoms with E-state index < -0.39 is 10.0 Å². The SMILES string of the molecule is NS(=O)(=O)c1ccc(CC(=O)NC(Cc2ccc(Cl)cc2)c2ccccc2)cc1. The van der Waals surface area contributed by atoms with E-state index in [1.165, 1.54) is 12.1 Å². The van der Waals surface area contributed by atoms with Crippen LogP contribution < -0.4 is 10.5 Å². The number of primary sulfonamides is 1. The van der Waals surface area contributed by atoms with Gasteiger partial charge >= 0.3 is 0 Å². The molecule has 0 saturated heterocycles. The van der Waals surface area contributed by atoms with E-state index in [2.05, 4.69) is 5.32 Å². The molecule has 1 unspecified atom stereocenters. The minimum atomic E-state index is -3.75. The highest BCUT2D eigenvalue weighted by molar-refractivity contribution is 7.89. The highest BCUT2D eigenvalue weighted by Gasteiger charge is 2.16. The van der Waals surface area contributed by atoms with Gasteiger partial charge in [0.25, 0.3) is 0 Å². The average Bonchev–Trinajstić information content (AvgIpc) is 2.69. The van der Waals surface area contributed by atoms with Gasteiger partial charge in [-0.25, -0.2) is 13.6 Å². The van der Waals surface area contributed by atoms with Crippen LogP contribution in [0.5, 0.6) is 0 Å². The number of amides is 1. The number of nitrogens with one attached hydrogen (secondary N) is 1. The number of sulfonamides is 1. The third kappa shape index (κ3) is 6.15. The Hall–Kier alpha value is -2.67. The molecule has 29 heavy (non-hydrogen) atoms. The average molecular weight is 429 g/mol. The van der Waals surface area contributed by atoms with Crippen LogP contribution in [0, 0.1) is 0 Å². The molecule has 0 radical (unpaired) electrons. The monoisotopic (exact) mass is 428 g/mol. The van der Waals surface area contributed by atoms with Crippen LogP contribution in [0.1, 0.15) is 22.7 Å². The minimum absolute atomic E-state index is 0.0200. The third-order valence-electron chi connectivity index (χ3n) is 4.51. The van der Waals surface area contributed by atoms with Crippen molar-refractivity contribution in [2.24, 2.45) is 5.14 Å². The molecule has 0 aliphatic rings. The van der Waals surface area contributed by atoms with Gasteiger partial charge in [-0.2, -0.15) is 0 Å². The number of nitrogens with two attached hydrogens (primary N) is 1. The smallest absolute Gasteiger partial charge is 0.238 e. The molecular formula is C22H21ClN2O3S. The van der Waals surface area contributed by atoms with Crippen molar-refractivity contribution in [3.05, 3.63) is 101 Å². The third-order valence-corrected chi connectivity index (χ3v) is 5.69. The highest BCUT2D eigenvalue weighted by atomic mass is 35.5. The lowest BCUT2D eigenvalue weighted by Gasteiger charge is -2.20. The fraction of sp³-hybridized carbons (Fsp3) is 0.136. The summed E-state index contributed by atoms with van der Waals surface area (Å²) in [6.45, 7) is 0. The molecule has 0 spiro atoms. The number of benzene rings is 3. The van der Waals surface area contributed by atoms with E-state index in [9.17, 15) is 13.2 Å². The summed E-state index contributed by atoms with van der Waals surface area (Å²) in [6, 6.07) is 23.1. The predicted octanol–water partition coefficient (Wildman–Crippen LogP) is 3.63. The molecule has 3 aromatic rings. The van der Waals surface area contributed by atoms with Crippen molar-refractivity contribution < 1.29 is 13.2 Å². The van der Waals surface area contributed by atoms with E-state index in [1.54, 1.807) is 12.1 Å². The van der Waals surface area contributed by atoms with E-state index in [4.69, 9.17) is 16.7 Å². The molecule has 5 nitrogen and oxygen atoms in total. The van der Waals surface area contributed by atoms with Crippen LogP contribution in [0.25, 0.3) is 0 Å². The fourth-order valence-corrected chi connectivity index (χ4v) is 3.66. The Morgan fingerprint density at radius 1 is 0.897 bits per heavy atom. The van der Waals surface area contributed by atoms with Crippen LogP contribution in [-0.4, -0.2) is 14.3 Å². The molecule has 0 saturated carbocycles. The number of hydrogen-bond acceptors (Lipinski definition) is 3. The van der Waals surface area contributed by atoms with E-state index >= 15 is 0 Å². The Morgan fingerprint density at radius 3 is 2.07 bits per heavy atom. The Bertz CT molecular complexity index is 1070. The fourth-order valence-electron chi connectivity index (χ4n) is 3.02. The Balaban J connectivity index is 1.73. The zero-order valence-electron chi connectivity index (χ0n) is 15.6. The molecule has 3 rings (SSSR count). The van der Waals surface area contributed by atoms with Crippen LogP contribution >= 0.6 is 11.6 Å². The first-order valence-electron chi connectivity index (χ1n) is 9.02. The summed E-state index contributed by atoms with van der Waals surface area (Å²) < 4.78 is 22.7. The number of hydrogen-bond donors (Lipinski definition) is 2. The number of halogens is 1. The molecular weight excluding hydrogens is 408 g/mol. The van der Waals surface area contributed by atoms with Gasteiger partial charge in [-0.15, -0.1) is 0 Å². The molecule has 0 fully saturated rings. The maximum atomic E-state index is 12.6. The van der Waals surface area contributed by atoms with Crippen molar-refractivity contribution in [1.29, 1.82) is 0 Å². The molecule has 1 atom stereocenters. The van der Waals surface area contributed by atoms with Crippen molar-refractivity contribution in [2.75, 3.05) is 0 Å². The number of carbonyl (C=O) groups is 1. The molecule has 0 aromatic heterocycles. The highest BCUT2D eigenvalue weighted by Crippen LogP contribution is 2.20. The van der Waals surface area contributed by atoms with Gasteiger partial charge in [0.2, 0.25) is 15.9 Å². The molecule has 3 aromatic carbocycles. The molecule has 0 aliphatic heterocycles. The first kappa shape index (κ1) is 21.0. The van der Waals surface area contributed by atoms with Crippen LogP contribution in [0.4, 0.5) is 0 Å². The summed E-state index contributed by atoms with van der Waals surface area (Å²) in [7, 11) is -3.75. The van der Waals surface area contributed by atoms with Gasteiger partial charge in [-0.3, -0.25) is 4.79 Å². The van der Waals surface area contributed by atoms with Crippen molar-refractivity contribution >= 4 is 27.5 Å². The van der Waals surface area contributed by atoms with Crippen molar-refractivity contribution in [3.8, 4) is 0 Å². The van der Waals surface area contributed by atoms with Gasteiger partial charge in [0, 0.05) is 5.02 Å². The Labute approximate surface area is 175 Å². The zero-order valence-corrected chi connectivity index (χ0v) is 17.2. The molecule has 150 valence electrons. The van der Waals surface area contributed by atoms with Crippen LogP contribution in [0.2, 0.25) is 5.02 Å². The lowest BCUT2D eigenvalue weighted by atomic mass is 9.98. The summed E-state index contributed by atoms with van der Waals surface area (Å²) in [6.07, 6.45) is 0.756. The molecule has 0 bridgehead atoms. The van der Waals surface area contributed by atoms with Crippen molar-refractivity contribution in [3.63, 3.8) is 0 Å². The van der Waals surface area contributed by atoms with Crippen LogP contribution in [-0.2, 0) is 27.7 Å². The molecule has 7 heteroatoms. The molecule has 0 heterocycles. The van der Waals surface area contributed by atoms with E-state index in [1.807, 2.05) is 54.6 Å². The van der Waals surface area contributed by atoms with Gasteiger partial charge in [0.05, 0.1) is 17.4 Å². The number of carbonyl (C=O) groups excluding carboxylic acids is 1. The second kappa shape index (κ2) is 9.22. The largest absolute Gasteiger partial charge is 0.349 e. The number of rotatable bonds is 7. The van der Waals surface area contributed by atoms with Gasteiger partial charge in [-0.05, 0) is 47.4 Å². The van der Waals surface area contributed by atoms with Crippen molar-refractivity contribution in [2.45, 2.75) is 23.8 Å².